The first-order valence-electron chi connectivity index (χ1n) is 5.54. The van der Waals surface area contributed by atoms with E-state index in [0.29, 0.717) is 5.69 Å². The molecule has 0 spiro atoms. The summed E-state index contributed by atoms with van der Waals surface area (Å²) in [7, 11) is 0. The van der Waals surface area contributed by atoms with Crippen molar-refractivity contribution in [1.29, 1.82) is 0 Å². The number of phenolic OH excluding ortho intramolecular Hbond substituents is 1. The van der Waals surface area contributed by atoms with Gasteiger partial charge in [0.1, 0.15) is 11.6 Å². The summed E-state index contributed by atoms with van der Waals surface area (Å²) in [4.78, 5) is 12.0. The predicted octanol–water partition coefficient (Wildman–Crippen LogP) is 3.85. The van der Waals surface area contributed by atoms with Crippen molar-refractivity contribution in [3.8, 4) is 5.75 Å². The topological polar surface area (TPSA) is 49.3 Å². The lowest BCUT2D eigenvalue weighted by molar-refractivity contribution is 0.102. The molecule has 0 unspecified atom stereocenters. The van der Waals surface area contributed by atoms with E-state index in [1.54, 1.807) is 12.1 Å². The largest absolute Gasteiger partial charge is 0.507 e. The number of hydrogen-bond acceptors (Lipinski definition) is 2. The molecule has 2 aromatic rings. The third-order valence-corrected chi connectivity index (χ3v) is 3.70. The minimum absolute atomic E-state index is 0.103. The van der Waals surface area contributed by atoms with Crippen LogP contribution in [0, 0.1) is 12.7 Å². The number of phenols is 1. The molecular formula is C14H11BrFNO2. The molecule has 5 heteroatoms. The van der Waals surface area contributed by atoms with Gasteiger partial charge in [-0.25, -0.2) is 4.39 Å². The molecule has 1 amide bonds. The molecule has 0 atom stereocenters. The van der Waals surface area contributed by atoms with Crippen LogP contribution >= 0.6 is 15.9 Å². The van der Waals surface area contributed by atoms with Gasteiger partial charge >= 0.3 is 0 Å². The number of aryl methyl sites for hydroxylation is 1. The molecule has 0 radical (unpaired) electrons. The van der Waals surface area contributed by atoms with Crippen molar-refractivity contribution in [1.82, 2.24) is 0 Å². The molecule has 19 heavy (non-hydrogen) atoms. The van der Waals surface area contributed by atoms with Crippen LogP contribution in [0.2, 0.25) is 0 Å². The second kappa shape index (κ2) is 5.40. The molecule has 0 aliphatic rings. The Morgan fingerprint density at radius 1 is 1.32 bits per heavy atom. The fourth-order valence-corrected chi connectivity index (χ4v) is 1.99. The number of hydrogen-bond donors (Lipinski definition) is 2. The van der Waals surface area contributed by atoms with Crippen LogP contribution in [0.1, 0.15) is 15.9 Å². The molecule has 0 fully saturated rings. The normalized spacial score (nSPS) is 10.3. The third kappa shape index (κ3) is 2.93. The predicted molar refractivity (Wildman–Crippen MR) is 74.9 cm³/mol. The Morgan fingerprint density at radius 3 is 2.79 bits per heavy atom. The zero-order valence-corrected chi connectivity index (χ0v) is 11.7. The van der Waals surface area contributed by atoms with E-state index >= 15 is 0 Å². The second-order valence-electron chi connectivity index (χ2n) is 4.05. The minimum atomic E-state index is -0.578. The standard InChI is InChI=1S/C14H11BrFNO2/c1-8-3-2-4-11(13(8)15)17-14(19)10-7-9(16)5-6-12(10)18/h2-7,18H,1H3,(H,17,19). The highest BCUT2D eigenvalue weighted by molar-refractivity contribution is 9.10. The summed E-state index contributed by atoms with van der Waals surface area (Å²) < 4.78 is 13.8. The van der Waals surface area contributed by atoms with Crippen LogP contribution in [-0.2, 0) is 0 Å². The average Bonchev–Trinajstić information content (AvgIpc) is 2.38. The van der Waals surface area contributed by atoms with Gasteiger partial charge in [0, 0.05) is 4.47 Å². The summed E-state index contributed by atoms with van der Waals surface area (Å²) >= 11 is 3.36. The molecule has 0 aromatic heterocycles. The summed E-state index contributed by atoms with van der Waals surface area (Å²) in [6.45, 7) is 1.89. The SMILES string of the molecule is Cc1cccc(NC(=O)c2cc(F)ccc2O)c1Br. The van der Waals surface area contributed by atoms with Gasteiger partial charge in [-0.15, -0.1) is 0 Å². The Bertz CT molecular complexity index is 643. The van der Waals surface area contributed by atoms with E-state index < -0.39 is 11.7 Å². The highest BCUT2D eigenvalue weighted by Gasteiger charge is 2.14. The van der Waals surface area contributed by atoms with E-state index in [9.17, 15) is 14.3 Å². The van der Waals surface area contributed by atoms with Gasteiger partial charge in [0.05, 0.1) is 11.3 Å². The molecule has 2 rings (SSSR count). The third-order valence-electron chi connectivity index (χ3n) is 2.64. The number of carbonyl (C=O) groups excluding carboxylic acids is 1. The molecular weight excluding hydrogens is 313 g/mol. The van der Waals surface area contributed by atoms with Gasteiger partial charge < -0.3 is 10.4 Å². The maximum Gasteiger partial charge on any atom is 0.259 e. The molecule has 0 aliphatic heterocycles. The van der Waals surface area contributed by atoms with Crippen LogP contribution < -0.4 is 5.32 Å². The molecule has 2 aromatic carbocycles. The molecule has 0 saturated carbocycles. The van der Waals surface area contributed by atoms with E-state index in [2.05, 4.69) is 21.2 Å². The zero-order chi connectivity index (χ0) is 14.0. The number of anilines is 1. The molecule has 2 N–H and O–H groups in total. The van der Waals surface area contributed by atoms with E-state index in [-0.39, 0.29) is 11.3 Å². The molecule has 0 heterocycles. The summed E-state index contributed by atoms with van der Waals surface area (Å²) in [6, 6.07) is 8.63. The number of aromatic hydroxyl groups is 1. The van der Waals surface area contributed by atoms with E-state index in [1.165, 1.54) is 0 Å². The molecule has 98 valence electrons. The van der Waals surface area contributed by atoms with Crippen molar-refractivity contribution in [3.05, 3.63) is 57.8 Å². The van der Waals surface area contributed by atoms with Crippen LogP contribution in [0.4, 0.5) is 10.1 Å². The fraction of sp³-hybridized carbons (Fsp3) is 0.0714. The van der Waals surface area contributed by atoms with Crippen molar-refractivity contribution < 1.29 is 14.3 Å². The van der Waals surface area contributed by atoms with Gasteiger partial charge in [-0.3, -0.25) is 4.79 Å². The summed E-state index contributed by atoms with van der Waals surface area (Å²) in [5, 5.41) is 12.2. The van der Waals surface area contributed by atoms with Gasteiger partial charge in [0.25, 0.3) is 5.91 Å². The molecule has 0 saturated heterocycles. The Kier molecular flexibility index (Phi) is 3.85. The van der Waals surface area contributed by atoms with Crippen molar-refractivity contribution >= 4 is 27.5 Å². The van der Waals surface area contributed by atoms with Crippen molar-refractivity contribution in [2.24, 2.45) is 0 Å². The van der Waals surface area contributed by atoms with Crippen molar-refractivity contribution in [2.75, 3.05) is 5.32 Å². The molecule has 0 aliphatic carbocycles. The number of halogens is 2. The van der Waals surface area contributed by atoms with Crippen LogP contribution in [-0.4, -0.2) is 11.0 Å². The molecule has 0 bridgehead atoms. The van der Waals surface area contributed by atoms with E-state index in [4.69, 9.17) is 0 Å². The van der Waals surface area contributed by atoms with Crippen LogP contribution in [0.3, 0.4) is 0 Å². The number of benzene rings is 2. The first-order valence-corrected chi connectivity index (χ1v) is 6.33. The lowest BCUT2D eigenvalue weighted by Crippen LogP contribution is -2.13. The van der Waals surface area contributed by atoms with Crippen LogP contribution in [0.5, 0.6) is 5.75 Å². The summed E-state index contributed by atoms with van der Waals surface area (Å²) in [5.41, 5.74) is 1.42. The summed E-state index contributed by atoms with van der Waals surface area (Å²) in [5.74, 6) is -1.41. The number of carbonyl (C=O) groups is 1. The lowest BCUT2D eigenvalue weighted by atomic mass is 10.1. The summed E-state index contributed by atoms with van der Waals surface area (Å²) in [6.07, 6.45) is 0. The first-order chi connectivity index (χ1) is 8.99. The maximum absolute atomic E-state index is 13.1. The van der Waals surface area contributed by atoms with Crippen LogP contribution in [0.25, 0.3) is 0 Å². The van der Waals surface area contributed by atoms with Gasteiger partial charge in [0.15, 0.2) is 0 Å². The van der Waals surface area contributed by atoms with E-state index in [0.717, 1.165) is 28.2 Å². The average molecular weight is 324 g/mol. The Morgan fingerprint density at radius 2 is 2.05 bits per heavy atom. The number of amides is 1. The number of rotatable bonds is 2. The quantitative estimate of drug-likeness (QED) is 0.881. The van der Waals surface area contributed by atoms with E-state index in [1.807, 2.05) is 13.0 Å². The maximum atomic E-state index is 13.1. The Hall–Kier alpha value is -1.88. The fourth-order valence-electron chi connectivity index (χ4n) is 1.62. The van der Waals surface area contributed by atoms with Crippen LogP contribution in [0.15, 0.2) is 40.9 Å². The molecule has 3 nitrogen and oxygen atoms in total. The Labute approximate surface area is 118 Å². The smallest absolute Gasteiger partial charge is 0.259 e. The highest BCUT2D eigenvalue weighted by atomic mass is 79.9. The van der Waals surface area contributed by atoms with Crippen molar-refractivity contribution in [2.45, 2.75) is 6.92 Å². The second-order valence-corrected chi connectivity index (χ2v) is 4.85. The van der Waals surface area contributed by atoms with Gasteiger partial charge in [0.2, 0.25) is 0 Å². The highest BCUT2D eigenvalue weighted by Crippen LogP contribution is 2.27. The zero-order valence-electron chi connectivity index (χ0n) is 10.1. The monoisotopic (exact) mass is 323 g/mol. The van der Waals surface area contributed by atoms with Gasteiger partial charge in [-0.2, -0.15) is 0 Å². The Balaban J connectivity index is 2.31. The first kappa shape index (κ1) is 13.5. The minimum Gasteiger partial charge on any atom is -0.507 e. The van der Waals surface area contributed by atoms with Gasteiger partial charge in [-0.05, 0) is 52.7 Å². The van der Waals surface area contributed by atoms with Crippen molar-refractivity contribution in [3.63, 3.8) is 0 Å². The lowest BCUT2D eigenvalue weighted by Gasteiger charge is -2.10. The number of nitrogens with one attached hydrogen (secondary N) is 1. The van der Waals surface area contributed by atoms with Gasteiger partial charge in [-0.1, -0.05) is 12.1 Å².